The number of aldehydes is 1. The van der Waals surface area contributed by atoms with E-state index in [0.717, 1.165) is 14.2 Å². The van der Waals surface area contributed by atoms with Gasteiger partial charge in [-0.2, -0.15) is 0 Å². The van der Waals surface area contributed by atoms with Crippen molar-refractivity contribution in [3.63, 3.8) is 0 Å². The van der Waals surface area contributed by atoms with E-state index in [1.54, 1.807) is 6.92 Å². The second-order valence-electron chi connectivity index (χ2n) is 3.76. The molecule has 0 heterocycles. The van der Waals surface area contributed by atoms with E-state index < -0.39 is 23.3 Å². The van der Waals surface area contributed by atoms with Crippen LogP contribution in [0.4, 0.5) is 0 Å². The van der Waals surface area contributed by atoms with Crippen LogP contribution in [0.2, 0.25) is 0 Å². The molecule has 0 N–H and O–H groups in total. The highest BCUT2D eigenvalue weighted by molar-refractivity contribution is 6.00. The summed E-state index contributed by atoms with van der Waals surface area (Å²) in [5.74, 6) is 0.189. The van der Waals surface area contributed by atoms with Gasteiger partial charge in [-0.05, 0) is 6.42 Å². The fourth-order valence-corrected chi connectivity index (χ4v) is 1.63. The van der Waals surface area contributed by atoms with E-state index in [1.165, 1.54) is 0 Å². The predicted octanol–water partition coefficient (Wildman–Crippen LogP) is 0.567. The lowest BCUT2D eigenvalue weighted by Gasteiger charge is -2.27. The molecule has 0 fully saturated rings. The monoisotopic (exact) mass is 240 g/mol. The number of hydrogen-bond donors (Lipinski definition) is 0. The summed E-state index contributed by atoms with van der Waals surface area (Å²) < 4.78 is 9.17. The summed E-state index contributed by atoms with van der Waals surface area (Å²) in [7, 11) is 2.31. The predicted molar refractivity (Wildman–Crippen MR) is 59.8 cm³/mol. The summed E-state index contributed by atoms with van der Waals surface area (Å²) in [6.07, 6.45) is 5.62. The molecule has 0 aromatic carbocycles. The molecule has 94 valence electrons. The Hall–Kier alpha value is -1.83. The van der Waals surface area contributed by atoms with Crippen molar-refractivity contribution in [2.75, 3.05) is 14.2 Å². The highest BCUT2D eigenvalue weighted by Crippen LogP contribution is 2.33. The summed E-state index contributed by atoms with van der Waals surface area (Å²) in [6.45, 7) is 1.59. The Morgan fingerprint density at radius 2 is 1.82 bits per heavy atom. The van der Waals surface area contributed by atoms with Crippen molar-refractivity contribution in [1.29, 1.82) is 0 Å². The van der Waals surface area contributed by atoms with Crippen LogP contribution in [-0.4, -0.2) is 32.4 Å². The molecule has 0 saturated heterocycles. The van der Waals surface area contributed by atoms with Crippen molar-refractivity contribution < 1.29 is 23.9 Å². The lowest BCUT2D eigenvalue weighted by atomic mass is 9.77. The van der Waals surface area contributed by atoms with Crippen LogP contribution in [0.3, 0.4) is 0 Å². The third kappa shape index (κ3) is 3.31. The summed E-state index contributed by atoms with van der Waals surface area (Å²) in [5, 5.41) is 0. The van der Waals surface area contributed by atoms with Gasteiger partial charge < -0.3 is 14.3 Å². The largest absolute Gasteiger partial charge is 0.468 e. The Labute approximate surface area is 100 Å². The Bertz CT molecular complexity index is 323. The highest BCUT2D eigenvalue weighted by atomic mass is 16.5. The minimum absolute atomic E-state index is 0.0277. The van der Waals surface area contributed by atoms with Gasteiger partial charge in [-0.15, -0.1) is 12.3 Å². The minimum Gasteiger partial charge on any atom is -0.468 e. The quantitative estimate of drug-likeness (QED) is 0.294. The zero-order valence-electron chi connectivity index (χ0n) is 10.2. The van der Waals surface area contributed by atoms with Crippen LogP contribution in [0.5, 0.6) is 0 Å². The van der Waals surface area contributed by atoms with Gasteiger partial charge in [0, 0.05) is 12.3 Å². The summed E-state index contributed by atoms with van der Waals surface area (Å²) in [4.78, 5) is 34.1. The lowest BCUT2D eigenvalue weighted by molar-refractivity contribution is -0.170. The third-order valence-corrected chi connectivity index (χ3v) is 2.46. The molecule has 5 heteroatoms. The molecule has 0 aliphatic heterocycles. The van der Waals surface area contributed by atoms with Crippen LogP contribution < -0.4 is 0 Å². The molecule has 17 heavy (non-hydrogen) atoms. The standard InChI is InChI=1S/C12H16O5/c1-5-6-12(10(14)16-3,11(15)17-4)7-9(2)8-13/h1,8-9H,6-7H2,2-4H3. The van der Waals surface area contributed by atoms with Gasteiger partial charge in [0.05, 0.1) is 14.2 Å². The van der Waals surface area contributed by atoms with E-state index >= 15 is 0 Å². The highest BCUT2D eigenvalue weighted by Gasteiger charge is 2.48. The van der Waals surface area contributed by atoms with Crippen LogP contribution in [0.1, 0.15) is 19.8 Å². The van der Waals surface area contributed by atoms with Crippen molar-refractivity contribution in [2.45, 2.75) is 19.8 Å². The number of carbonyl (C=O) groups excluding carboxylic acids is 3. The Balaban J connectivity index is 5.39. The zero-order chi connectivity index (χ0) is 13.5. The average molecular weight is 240 g/mol. The lowest BCUT2D eigenvalue weighted by Crippen LogP contribution is -2.42. The molecule has 5 nitrogen and oxygen atoms in total. The van der Waals surface area contributed by atoms with E-state index in [4.69, 9.17) is 6.42 Å². The molecule has 0 aromatic rings. The molecule has 0 saturated carbocycles. The number of ether oxygens (including phenoxy) is 2. The van der Waals surface area contributed by atoms with Gasteiger partial charge in [-0.1, -0.05) is 6.92 Å². The summed E-state index contributed by atoms with van der Waals surface area (Å²) in [6, 6.07) is 0. The second-order valence-corrected chi connectivity index (χ2v) is 3.76. The number of carbonyl (C=O) groups is 3. The molecule has 0 aliphatic rings. The molecule has 1 atom stereocenters. The zero-order valence-corrected chi connectivity index (χ0v) is 10.2. The van der Waals surface area contributed by atoms with Crippen LogP contribution >= 0.6 is 0 Å². The second kappa shape index (κ2) is 6.69. The van der Waals surface area contributed by atoms with Gasteiger partial charge >= 0.3 is 11.9 Å². The molecule has 0 radical (unpaired) electrons. The van der Waals surface area contributed by atoms with E-state index in [2.05, 4.69) is 15.4 Å². The van der Waals surface area contributed by atoms with Crippen molar-refractivity contribution >= 4 is 18.2 Å². The number of esters is 2. The fourth-order valence-electron chi connectivity index (χ4n) is 1.63. The average Bonchev–Trinajstić information content (AvgIpc) is 2.35. The van der Waals surface area contributed by atoms with E-state index in [-0.39, 0.29) is 12.8 Å². The smallest absolute Gasteiger partial charge is 0.324 e. The molecule has 0 aromatic heterocycles. The Morgan fingerprint density at radius 1 is 1.35 bits per heavy atom. The first-order chi connectivity index (χ1) is 7.98. The van der Waals surface area contributed by atoms with Crippen molar-refractivity contribution in [3.8, 4) is 12.3 Å². The van der Waals surface area contributed by atoms with Crippen LogP contribution in [-0.2, 0) is 23.9 Å². The molecule has 0 aliphatic carbocycles. The molecule has 0 rings (SSSR count). The van der Waals surface area contributed by atoms with Gasteiger partial charge in [-0.3, -0.25) is 9.59 Å². The van der Waals surface area contributed by atoms with E-state index in [1.807, 2.05) is 0 Å². The number of rotatable bonds is 6. The maximum Gasteiger partial charge on any atom is 0.324 e. The van der Waals surface area contributed by atoms with Gasteiger partial charge in [0.15, 0.2) is 5.41 Å². The maximum absolute atomic E-state index is 11.7. The van der Waals surface area contributed by atoms with Crippen molar-refractivity contribution in [2.24, 2.45) is 11.3 Å². The Kier molecular flexibility index (Phi) is 5.97. The van der Waals surface area contributed by atoms with Crippen LogP contribution in [0, 0.1) is 23.7 Å². The first kappa shape index (κ1) is 15.2. The maximum atomic E-state index is 11.7. The molecular formula is C12H16O5. The molecule has 0 spiro atoms. The SMILES string of the molecule is C#CCC(CC(C)C=O)(C(=O)OC)C(=O)OC. The first-order valence-electron chi connectivity index (χ1n) is 5.04. The van der Waals surface area contributed by atoms with Crippen molar-refractivity contribution in [3.05, 3.63) is 0 Å². The van der Waals surface area contributed by atoms with E-state index in [0.29, 0.717) is 6.29 Å². The molecule has 1 unspecified atom stereocenters. The van der Waals surface area contributed by atoms with Crippen LogP contribution in [0.25, 0.3) is 0 Å². The summed E-state index contributed by atoms with van der Waals surface area (Å²) >= 11 is 0. The third-order valence-electron chi connectivity index (χ3n) is 2.46. The molecule has 0 amide bonds. The van der Waals surface area contributed by atoms with Gasteiger partial charge in [-0.25, -0.2) is 0 Å². The van der Waals surface area contributed by atoms with Crippen molar-refractivity contribution in [1.82, 2.24) is 0 Å². The van der Waals surface area contributed by atoms with E-state index in [9.17, 15) is 14.4 Å². The molecule has 0 bridgehead atoms. The normalized spacial score (nSPS) is 12.1. The number of methoxy groups -OCH3 is 2. The first-order valence-corrected chi connectivity index (χ1v) is 5.04. The summed E-state index contributed by atoms with van der Waals surface area (Å²) in [5.41, 5.74) is -1.60. The van der Waals surface area contributed by atoms with Gasteiger partial charge in [0.2, 0.25) is 0 Å². The fraction of sp³-hybridized carbons (Fsp3) is 0.583. The topological polar surface area (TPSA) is 69.7 Å². The number of hydrogen-bond acceptors (Lipinski definition) is 5. The van der Waals surface area contributed by atoms with Crippen LogP contribution in [0.15, 0.2) is 0 Å². The minimum atomic E-state index is -1.60. The Morgan fingerprint density at radius 3 is 2.12 bits per heavy atom. The molecular weight excluding hydrogens is 224 g/mol. The number of terminal acetylenes is 1. The van der Waals surface area contributed by atoms with Gasteiger partial charge in [0.25, 0.3) is 0 Å². The van der Waals surface area contributed by atoms with Gasteiger partial charge in [0.1, 0.15) is 6.29 Å².